The minimum atomic E-state index is -1.34. The zero-order valence-electron chi connectivity index (χ0n) is 40.7. The Morgan fingerprint density at radius 1 is 0.926 bits per heavy atom. The SMILES string of the molecule is C=CCOC12Oc3ccc(OCCSc4ccccc4)cc3C3C(CCCCO)C(CCCCO)C=C(C(=NOC(C)(C)C)CC1N(Cc1cccc4ccccc14)C(=O)CCC1CCCC1)C32. The highest BCUT2D eigenvalue weighted by atomic mass is 32.2. The molecule has 10 heteroatoms. The molecule has 3 aliphatic carbocycles. The van der Waals surface area contributed by atoms with Crippen molar-refractivity contribution in [2.75, 3.05) is 32.2 Å². The average molecular weight is 943 g/mol. The molecule has 2 fully saturated rings. The Morgan fingerprint density at radius 2 is 1.68 bits per heavy atom. The highest BCUT2D eigenvalue weighted by Gasteiger charge is 2.65. The molecule has 4 aliphatic rings. The first-order chi connectivity index (χ1) is 33.1. The highest BCUT2D eigenvalue weighted by Crippen LogP contribution is 2.62. The van der Waals surface area contributed by atoms with Gasteiger partial charge in [-0.3, -0.25) is 4.79 Å². The molecule has 1 amide bonds. The van der Waals surface area contributed by atoms with E-state index < -0.39 is 23.3 Å². The van der Waals surface area contributed by atoms with Crippen molar-refractivity contribution in [3.8, 4) is 11.5 Å². The van der Waals surface area contributed by atoms with Crippen LogP contribution in [0.4, 0.5) is 0 Å². The summed E-state index contributed by atoms with van der Waals surface area (Å²) in [6, 6.07) is 30.8. The van der Waals surface area contributed by atoms with Gasteiger partial charge in [0.05, 0.1) is 24.8 Å². The summed E-state index contributed by atoms with van der Waals surface area (Å²) in [5.41, 5.74) is 3.39. The standard InChI is InChI=1S/C58H74N2O7S/c1-5-34-65-58-53(60(54(63)31-28-41-18-9-10-19-41)40-44-23-17-22-42-20-11-12-26-47(42)44)39-51(59-67-57(2,3)4)49-37-43(21-13-15-32-61)48(27-14-16-33-62)55(56(49)58)50-38-45(29-30-52(50)66-58)64-35-36-68-46-24-7-6-8-25-46/h5-8,11-12,17,20,22-26,29-30,37-38,41,43,48,53,55-56,61-62H,1,9-10,13-16,18-19,21,27-28,31-36,39-40H2,2-4H3. The Kier molecular flexibility index (Phi) is 17.1. The molecule has 1 heterocycles. The Hall–Kier alpha value is -4.61. The van der Waals surface area contributed by atoms with E-state index in [0.29, 0.717) is 44.8 Å². The van der Waals surface area contributed by atoms with Crippen molar-refractivity contribution in [1.82, 2.24) is 4.90 Å². The lowest BCUT2D eigenvalue weighted by Crippen LogP contribution is -2.70. The predicted octanol–water partition coefficient (Wildman–Crippen LogP) is 12.4. The summed E-state index contributed by atoms with van der Waals surface area (Å²) in [6.45, 7) is 11.6. The van der Waals surface area contributed by atoms with E-state index in [0.717, 1.165) is 82.5 Å². The maximum atomic E-state index is 15.5. The van der Waals surface area contributed by atoms with Crippen LogP contribution in [0.2, 0.25) is 0 Å². The number of hydrogen-bond donors (Lipinski definition) is 2. The van der Waals surface area contributed by atoms with E-state index in [-0.39, 0.29) is 43.5 Å². The minimum Gasteiger partial charge on any atom is -0.493 e. The molecule has 68 heavy (non-hydrogen) atoms. The fraction of sp³-hybridized carbons (Fsp3) is 0.517. The summed E-state index contributed by atoms with van der Waals surface area (Å²) >= 11 is 1.77. The predicted molar refractivity (Wildman–Crippen MR) is 274 cm³/mol. The van der Waals surface area contributed by atoms with Crippen LogP contribution in [-0.2, 0) is 20.9 Å². The minimum absolute atomic E-state index is 0.0835. The summed E-state index contributed by atoms with van der Waals surface area (Å²) < 4.78 is 21.5. The summed E-state index contributed by atoms with van der Waals surface area (Å²) in [5.74, 6) is 1.28. The molecular formula is C58H74N2O7S. The van der Waals surface area contributed by atoms with E-state index in [1.165, 1.54) is 30.6 Å². The molecule has 6 atom stereocenters. The van der Waals surface area contributed by atoms with Crippen LogP contribution in [0.25, 0.3) is 10.8 Å². The highest BCUT2D eigenvalue weighted by molar-refractivity contribution is 7.99. The van der Waals surface area contributed by atoms with Gasteiger partial charge in [-0.1, -0.05) is 116 Å². The van der Waals surface area contributed by atoms with Gasteiger partial charge >= 0.3 is 0 Å². The lowest BCUT2D eigenvalue weighted by molar-refractivity contribution is -0.258. The van der Waals surface area contributed by atoms with Crippen molar-refractivity contribution in [2.45, 2.75) is 139 Å². The van der Waals surface area contributed by atoms with Crippen molar-refractivity contribution >= 4 is 34.2 Å². The van der Waals surface area contributed by atoms with Gasteiger partial charge in [-0.2, -0.15) is 0 Å². The van der Waals surface area contributed by atoms with Crippen LogP contribution in [-0.4, -0.2) is 76.3 Å². The lowest BCUT2D eigenvalue weighted by atomic mass is 9.55. The van der Waals surface area contributed by atoms with Crippen molar-refractivity contribution in [3.63, 3.8) is 0 Å². The zero-order valence-corrected chi connectivity index (χ0v) is 41.5. The summed E-state index contributed by atoms with van der Waals surface area (Å²) in [7, 11) is 0. The molecule has 9 nitrogen and oxygen atoms in total. The fourth-order valence-electron chi connectivity index (χ4n) is 11.5. The first-order valence-electron chi connectivity index (χ1n) is 25.5. The van der Waals surface area contributed by atoms with Crippen molar-refractivity contribution in [2.24, 2.45) is 28.8 Å². The molecule has 2 saturated carbocycles. The largest absolute Gasteiger partial charge is 0.493 e. The topological polar surface area (TPSA) is 110 Å². The van der Waals surface area contributed by atoms with Crippen LogP contribution in [0.5, 0.6) is 11.5 Å². The van der Waals surface area contributed by atoms with Crippen LogP contribution in [0.1, 0.15) is 121 Å². The van der Waals surface area contributed by atoms with Crippen LogP contribution in [0.15, 0.2) is 125 Å². The van der Waals surface area contributed by atoms with Crippen LogP contribution in [0, 0.1) is 23.7 Å². The van der Waals surface area contributed by atoms with Gasteiger partial charge in [0, 0.05) is 54.7 Å². The Morgan fingerprint density at radius 3 is 2.44 bits per heavy atom. The number of oxime groups is 1. The number of nitrogens with zero attached hydrogens (tertiary/aromatic N) is 2. The van der Waals surface area contributed by atoms with Crippen LogP contribution >= 0.6 is 11.8 Å². The summed E-state index contributed by atoms with van der Waals surface area (Å²) in [5, 5.41) is 27.5. The molecule has 1 aliphatic heterocycles. The molecule has 2 N–H and O–H groups in total. The quantitative estimate of drug-likeness (QED) is 0.0327. The number of allylic oxidation sites excluding steroid dienone is 1. The van der Waals surface area contributed by atoms with Gasteiger partial charge in [0.1, 0.15) is 23.1 Å². The van der Waals surface area contributed by atoms with Gasteiger partial charge in [0.2, 0.25) is 11.7 Å². The number of thioether (sulfide) groups is 1. The van der Waals surface area contributed by atoms with Gasteiger partial charge < -0.3 is 34.2 Å². The molecule has 0 saturated heterocycles. The third-order valence-corrected chi connectivity index (χ3v) is 15.6. The normalized spacial score (nSPS) is 23.9. The van der Waals surface area contributed by atoms with Gasteiger partial charge in [-0.25, -0.2) is 0 Å². The number of aliphatic hydroxyl groups excluding tert-OH is 2. The third kappa shape index (κ3) is 11.7. The van der Waals surface area contributed by atoms with E-state index >= 15 is 4.79 Å². The molecule has 364 valence electrons. The smallest absolute Gasteiger partial charge is 0.239 e. The third-order valence-electron chi connectivity index (χ3n) is 14.6. The van der Waals surface area contributed by atoms with Crippen molar-refractivity contribution < 1.29 is 34.1 Å². The van der Waals surface area contributed by atoms with E-state index in [4.69, 9.17) is 24.2 Å². The van der Waals surface area contributed by atoms with Crippen LogP contribution < -0.4 is 9.47 Å². The van der Waals surface area contributed by atoms with Gasteiger partial charge in [-0.05, 0) is 123 Å². The molecular weight excluding hydrogens is 869 g/mol. The maximum absolute atomic E-state index is 15.5. The summed E-state index contributed by atoms with van der Waals surface area (Å²) in [4.78, 5) is 25.2. The second-order valence-electron chi connectivity index (χ2n) is 20.3. The van der Waals surface area contributed by atoms with E-state index in [1.54, 1.807) is 17.8 Å². The number of fused-ring (bicyclic) bond motifs is 3. The average Bonchev–Trinajstić information content (AvgIpc) is 3.88. The van der Waals surface area contributed by atoms with Gasteiger partial charge in [-0.15, -0.1) is 18.3 Å². The number of carbonyl (C=O) groups excluding carboxylic acids is 1. The second-order valence-corrected chi connectivity index (χ2v) is 21.5. The number of hydrogen-bond acceptors (Lipinski definition) is 9. The van der Waals surface area contributed by atoms with Crippen LogP contribution in [0.3, 0.4) is 0 Å². The maximum Gasteiger partial charge on any atom is 0.239 e. The van der Waals surface area contributed by atoms with E-state index in [2.05, 4.69) is 90.4 Å². The van der Waals surface area contributed by atoms with Crippen molar-refractivity contribution in [3.05, 3.63) is 126 Å². The first-order valence-corrected chi connectivity index (χ1v) is 26.4. The Balaban J connectivity index is 1.30. The number of rotatable bonds is 23. The molecule has 0 spiro atoms. The molecule has 0 aromatic heterocycles. The number of ether oxygens (including phenoxy) is 3. The summed E-state index contributed by atoms with van der Waals surface area (Å²) in [6.07, 6.45) is 15.5. The molecule has 0 bridgehead atoms. The number of unbranched alkanes of at least 4 members (excludes halogenated alkanes) is 2. The fourth-order valence-corrected chi connectivity index (χ4v) is 12.3. The Bertz CT molecular complexity index is 2350. The number of carbonyl (C=O) groups is 1. The molecule has 4 aromatic rings. The number of amides is 1. The molecule has 4 aromatic carbocycles. The molecule has 0 radical (unpaired) electrons. The zero-order chi connectivity index (χ0) is 47.5. The Labute approximate surface area is 409 Å². The molecule has 8 rings (SSSR count). The first kappa shape index (κ1) is 49.8. The van der Waals surface area contributed by atoms with Gasteiger partial charge in [0.25, 0.3) is 0 Å². The number of aliphatic hydroxyl groups is 2. The number of benzene rings is 4. The molecule has 6 unspecified atom stereocenters. The van der Waals surface area contributed by atoms with Gasteiger partial charge in [0.15, 0.2) is 0 Å². The monoisotopic (exact) mass is 943 g/mol. The van der Waals surface area contributed by atoms with Crippen molar-refractivity contribution in [1.29, 1.82) is 0 Å². The second kappa shape index (κ2) is 23.3. The van der Waals surface area contributed by atoms with E-state index in [9.17, 15) is 10.2 Å². The van der Waals surface area contributed by atoms with E-state index in [1.807, 2.05) is 39.0 Å². The lowest BCUT2D eigenvalue weighted by Gasteiger charge is -2.60.